The average molecular weight is 269 g/mol. The molecule has 0 saturated carbocycles. The van der Waals surface area contributed by atoms with Crippen LogP contribution in [0.3, 0.4) is 0 Å². The molecule has 1 aromatic heterocycles. The van der Waals surface area contributed by atoms with Gasteiger partial charge in [0.05, 0.1) is 23.2 Å². The highest BCUT2D eigenvalue weighted by atomic mass is 32.1. The fourth-order valence-corrected chi connectivity index (χ4v) is 2.91. The lowest BCUT2D eigenvalue weighted by Crippen LogP contribution is -2.46. The number of likely N-dealkylation sites (N-methyl/N-ethyl adjacent to an activating group) is 1. The number of aliphatic carboxylic acids is 1. The van der Waals surface area contributed by atoms with Crippen molar-refractivity contribution >= 4 is 17.3 Å². The van der Waals surface area contributed by atoms with E-state index in [9.17, 15) is 4.79 Å². The minimum Gasteiger partial charge on any atom is -0.481 e. The molecule has 18 heavy (non-hydrogen) atoms. The van der Waals surface area contributed by atoms with Gasteiger partial charge < -0.3 is 10.0 Å². The third-order valence-electron chi connectivity index (χ3n) is 3.32. The quantitative estimate of drug-likeness (QED) is 0.890. The first-order valence-corrected chi connectivity index (χ1v) is 7.00. The molecular weight excluding hydrogens is 250 g/mol. The van der Waals surface area contributed by atoms with E-state index in [1.54, 1.807) is 11.3 Å². The maximum atomic E-state index is 11.0. The zero-order chi connectivity index (χ0) is 13.1. The Morgan fingerprint density at radius 3 is 2.67 bits per heavy atom. The van der Waals surface area contributed by atoms with Crippen LogP contribution < -0.4 is 0 Å². The lowest BCUT2D eigenvalue weighted by atomic mass is 10.1. The normalized spacial score (nSPS) is 19.9. The van der Waals surface area contributed by atoms with Gasteiger partial charge in [-0.25, -0.2) is 4.98 Å². The number of hydrogen-bond donors (Lipinski definition) is 1. The minimum absolute atomic E-state index is 0.0823. The SMILES string of the molecule is Cc1nc(C(CC(=O)O)N2CCN(C)CC2)cs1. The Labute approximate surface area is 111 Å². The molecule has 2 heterocycles. The molecule has 0 spiro atoms. The van der Waals surface area contributed by atoms with Crippen molar-refractivity contribution < 1.29 is 9.90 Å². The number of rotatable bonds is 4. The summed E-state index contributed by atoms with van der Waals surface area (Å²) in [4.78, 5) is 20.0. The molecule has 5 nitrogen and oxygen atoms in total. The predicted molar refractivity (Wildman–Crippen MR) is 70.9 cm³/mol. The van der Waals surface area contributed by atoms with Gasteiger partial charge in [0.15, 0.2) is 0 Å². The van der Waals surface area contributed by atoms with Crippen molar-refractivity contribution in [1.82, 2.24) is 14.8 Å². The fourth-order valence-electron chi connectivity index (χ4n) is 2.25. The fraction of sp³-hybridized carbons (Fsp3) is 0.667. The number of aromatic nitrogens is 1. The number of aryl methyl sites for hydroxylation is 1. The van der Waals surface area contributed by atoms with Gasteiger partial charge in [-0.15, -0.1) is 11.3 Å². The van der Waals surface area contributed by atoms with Crippen LogP contribution in [0.15, 0.2) is 5.38 Å². The lowest BCUT2D eigenvalue weighted by Gasteiger charge is -2.36. The monoisotopic (exact) mass is 269 g/mol. The summed E-state index contributed by atoms with van der Waals surface area (Å²) in [5.74, 6) is -0.760. The van der Waals surface area contributed by atoms with Gasteiger partial charge in [-0.3, -0.25) is 9.69 Å². The number of hydrogen-bond acceptors (Lipinski definition) is 5. The Morgan fingerprint density at radius 2 is 2.17 bits per heavy atom. The number of carbonyl (C=O) groups is 1. The van der Waals surface area contributed by atoms with E-state index in [0.29, 0.717) is 0 Å². The highest BCUT2D eigenvalue weighted by Gasteiger charge is 2.27. The molecule has 0 bridgehead atoms. The van der Waals surface area contributed by atoms with Crippen LogP contribution in [-0.4, -0.2) is 59.1 Å². The predicted octanol–water partition coefficient (Wildman–Crippen LogP) is 1.21. The number of thiazole rings is 1. The van der Waals surface area contributed by atoms with Crippen molar-refractivity contribution in [2.24, 2.45) is 0 Å². The zero-order valence-electron chi connectivity index (χ0n) is 10.8. The molecule has 1 aliphatic rings. The van der Waals surface area contributed by atoms with Gasteiger partial charge in [-0.05, 0) is 14.0 Å². The molecule has 1 unspecified atom stereocenters. The van der Waals surface area contributed by atoms with Gasteiger partial charge in [0.2, 0.25) is 0 Å². The largest absolute Gasteiger partial charge is 0.481 e. The van der Waals surface area contributed by atoms with Gasteiger partial charge in [-0.2, -0.15) is 0 Å². The molecule has 1 fully saturated rings. The van der Waals surface area contributed by atoms with E-state index in [2.05, 4.69) is 21.8 Å². The smallest absolute Gasteiger partial charge is 0.305 e. The summed E-state index contributed by atoms with van der Waals surface area (Å²) in [6, 6.07) is -0.0823. The molecule has 1 saturated heterocycles. The van der Waals surface area contributed by atoms with Gasteiger partial charge in [0, 0.05) is 31.6 Å². The van der Waals surface area contributed by atoms with E-state index < -0.39 is 5.97 Å². The van der Waals surface area contributed by atoms with Gasteiger partial charge in [0.1, 0.15) is 0 Å². The van der Waals surface area contributed by atoms with E-state index in [4.69, 9.17) is 5.11 Å². The molecule has 0 aromatic carbocycles. The number of nitrogens with zero attached hydrogens (tertiary/aromatic N) is 3. The highest BCUT2D eigenvalue weighted by Crippen LogP contribution is 2.26. The van der Waals surface area contributed by atoms with Crippen LogP contribution in [0.4, 0.5) is 0 Å². The Hall–Kier alpha value is -0.980. The Morgan fingerprint density at radius 1 is 1.50 bits per heavy atom. The van der Waals surface area contributed by atoms with E-state index in [1.165, 1.54) is 0 Å². The second-order valence-electron chi connectivity index (χ2n) is 4.74. The molecule has 2 rings (SSSR count). The van der Waals surface area contributed by atoms with Crippen molar-refractivity contribution in [2.45, 2.75) is 19.4 Å². The van der Waals surface area contributed by atoms with Crippen LogP contribution in [0.5, 0.6) is 0 Å². The molecular formula is C12H19N3O2S. The summed E-state index contributed by atoms with van der Waals surface area (Å²) >= 11 is 1.58. The Balaban J connectivity index is 2.12. The summed E-state index contributed by atoms with van der Waals surface area (Å²) in [5.41, 5.74) is 0.907. The first-order valence-electron chi connectivity index (χ1n) is 6.12. The van der Waals surface area contributed by atoms with Crippen LogP contribution in [0, 0.1) is 6.92 Å². The maximum absolute atomic E-state index is 11.0. The Bertz CT molecular complexity index is 413. The third-order valence-corrected chi connectivity index (χ3v) is 4.12. The van der Waals surface area contributed by atoms with Crippen molar-refractivity contribution in [3.05, 3.63) is 16.1 Å². The van der Waals surface area contributed by atoms with Crippen LogP contribution in [0.2, 0.25) is 0 Å². The second kappa shape index (κ2) is 5.77. The highest BCUT2D eigenvalue weighted by molar-refractivity contribution is 7.09. The van der Waals surface area contributed by atoms with Crippen LogP contribution in [-0.2, 0) is 4.79 Å². The first-order chi connectivity index (χ1) is 8.56. The lowest BCUT2D eigenvalue weighted by molar-refractivity contribution is -0.138. The summed E-state index contributed by atoms with van der Waals surface area (Å²) in [5, 5.41) is 12.1. The van der Waals surface area contributed by atoms with E-state index in [-0.39, 0.29) is 12.5 Å². The van der Waals surface area contributed by atoms with Crippen molar-refractivity contribution in [2.75, 3.05) is 33.2 Å². The van der Waals surface area contributed by atoms with Crippen LogP contribution in [0.25, 0.3) is 0 Å². The summed E-state index contributed by atoms with van der Waals surface area (Å²) in [7, 11) is 2.09. The van der Waals surface area contributed by atoms with E-state index in [0.717, 1.165) is 36.9 Å². The molecule has 100 valence electrons. The molecule has 0 aliphatic carbocycles. The standard InChI is InChI=1S/C12H19N3O2S/c1-9-13-10(8-18-9)11(7-12(16)17)15-5-3-14(2)4-6-15/h8,11H,3-7H2,1-2H3,(H,16,17). The molecule has 1 aliphatic heterocycles. The molecule has 1 N–H and O–H groups in total. The summed E-state index contributed by atoms with van der Waals surface area (Å²) in [6.45, 7) is 5.74. The summed E-state index contributed by atoms with van der Waals surface area (Å²) in [6.07, 6.45) is 0.132. The second-order valence-corrected chi connectivity index (χ2v) is 5.81. The van der Waals surface area contributed by atoms with Crippen LogP contribution in [0.1, 0.15) is 23.2 Å². The zero-order valence-corrected chi connectivity index (χ0v) is 11.6. The topological polar surface area (TPSA) is 56.7 Å². The summed E-state index contributed by atoms with van der Waals surface area (Å²) < 4.78 is 0. The maximum Gasteiger partial charge on any atom is 0.305 e. The third kappa shape index (κ3) is 3.28. The van der Waals surface area contributed by atoms with Gasteiger partial charge in [-0.1, -0.05) is 0 Å². The van der Waals surface area contributed by atoms with E-state index in [1.807, 2.05) is 12.3 Å². The van der Waals surface area contributed by atoms with Gasteiger partial charge in [0.25, 0.3) is 0 Å². The minimum atomic E-state index is -0.760. The number of carboxylic acid groups (broad SMARTS) is 1. The van der Waals surface area contributed by atoms with E-state index >= 15 is 0 Å². The Kier molecular flexibility index (Phi) is 4.31. The van der Waals surface area contributed by atoms with Crippen LogP contribution >= 0.6 is 11.3 Å². The van der Waals surface area contributed by atoms with Crippen molar-refractivity contribution in [1.29, 1.82) is 0 Å². The molecule has 1 aromatic rings. The van der Waals surface area contributed by atoms with Gasteiger partial charge >= 0.3 is 5.97 Å². The van der Waals surface area contributed by atoms with Crippen molar-refractivity contribution in [3.63, 3.8) is 0 Å². The average Bonchev–Trinajstić information content (AvgIpc) is 2.74. The number of carboxylic acids is 1. The molecule has 6 heteroatoms. The molecule has 1 atom stereocenters. The molecule has 0 radical (unpaired) electrons. The number of piperazine rings is 1. The molecule has 0 amide bonds. The first kappa shape index (κ1) is 13.5. The van der Waals surface area contributed by atoms with Crippen molar-refractivity contribution in [3.8, 4) is 0 Å².